The number of thiophene rings is 4. The predicted molar refractivity (Wildman–Crippen MR) is 510 cm³/mol. The number of carbonyl (C=O) groups is 4. The molecule has 0 saturated heterocycles. The fourth-order valence-corrected chi connectivity index (χ4v) is 25.4. The lowest BCUT2D eigenvalue weighted by molar-refractivity contribution is 0.0877. The van der Waals surface area contributed by atoms with E-state index in [0.717, 1.165) is 150 Å². The standard InChI is InChI=1S/C108H108N2O4S4/c1-13-17-21-25-33-65-59-91(117-101(65)83-51-45-77-81-49-55-87-97-85(53-47-79(95(81)97)73-41-31-43-75(83)93(73)77)105(111)109(107(87)113)99-69(61(5)6)37-29-38-70(99)62(7)8)103-67(35-27-23-19-15-3)57-89(115-103)90-58-68(36-28-24-20-16-4)104(116-90)92-60-66(34-26-22-18-14-2)102(118-92)84-52-46-78-82-50-56-88-98-86(54-48-80(96(82)98)74-42-32-44-76(84)94(74)78)106(112)110(108(88)114)100-71(63(9)10)39-30-40-72(100)64(11)12/h29-32,37-64H,13-28,33-36H2,1-12H3. The highest BCUT2D eigenvalue weighted by Gasteiger charge is 2.41. The maximum Gasteiger partial charge on any atom is 0.266 e. The Bertz CT molecular complexity index is 6050. The van der Waals surface area contributed by atoms with E-state index in [0.29, 0.717) is 22.3 Å². The van der Waals surface area contributed by atoms with Gasteiger partial charge in [-0.15, -0.1) is 45.3 Å². The lowest BCUT2D eigenvalue weighted by Gasteiger charge is -2.32. The van der Waals surface area contributed by atoms with E-state index >= 15 is 19.2 Å². The summed E-state index contributed by atoms with van der Waals surface area (Å²) in [5.41, 5.74) is 16.1. The van der Waals surface area contributed by atoms with E-state index in [1.165, 1.54) is 181 Å². The largest absolute Gasteiger partial charge is 0.268 e. The van der Waals surface area contributed by atoms with Crippen molar-refractivity contribution in [1.29, 1.82) is 0 Å². The second-order valence-corrected chi connectivity index (χ2v) is 39.3. The van der Waals surface area contributed by atoms with Crippen LogP contribution in [0.25, 0.3) is 136 Å². The highest BCUT2D eigenvalue weighted by atomic mass is 32.1. The SMILES string of the molecule is CCCCCCc1cc(-c2cc(CCCCCC)c(-c3cc(CCCCCC)c(-c4ccc5c6ccc7c8c(ccc(c9cccc4c95)c86)C(=O)N(c4c(C(C)C)cccc4C(C)C)C7=O)s3)s2)sc1-c1cc(CCCCCC)c(-c2ccc3c4ccc5c6c(ccc(c7cccc2c73)c64)C(=O)N(c2c(C(C)C)cccc2C(C)C)C5=O)s1. The van der Waals surface area contributed by atoms with Crippen molar-refractivity contribution in [3.8, 4) is 50.1 Å². The van der Waals surface area contributed by atoms with Gasteiger partial charge in [-0.2, -0.15) is 0 Å². The number of hydrogen-bond acceptors (Lipinski definition) is 8. The molecule has 2 aliphatic rings. The van der Waals surface area contributed by atoms with Crippen LogP contribution in [0.1, 0.15) is 295 Å². The van der Waals surface area contributed by atoms with Crippen LogP contribution in [0.15, 0.2) is 170 Å². The van der Waals surface area contributed by atoms with Crippen LogP contribution in [-0.4, -0.2) is 23.6 Å². The van der Waals surface area contributed by atoms with Gasteiger partial charge in [-0.1, -0.05) is 281 Å². The Kier molecular flexibility index (Phi) is 22.1. The van der Waals surface area contributed by atoms with Gasteiger partial charge in [-0.3, -0.25) is 19.2 Å². The number of carbonyl (C=O) groups excluding carboxylic acids is 4. The zero-order valence-electron chi connectivity index (χ0n) is 70.8. The first-order valence-electron chi connectivity index (χ1n) is 44.3. The number of unbranched alkanes of at least 4 members (excludes halogenated alkanes) is 12. The zero-order valence-corrected chi connectivity index (χ0v) is 74.0. The molecule has 2 aliphatic heterocycles. The Balaban J connectivity index is 0.738. The van der Waals surface area contributed by atoms with Gasteiger partial charge < -0.3 is 0 Å². The number of nitrogens with zero attached hydrogens (tertiary/aromatic N) is 2. The molecule has 0 spiro atoms. The number of imide groups is 2. The normalized spacial score (nSPS) is 13.4. The van der Waals surface area contributed by atoms with E-state index in [-0.39, 0.29) is 47.3 Å². The van der Waals surface area contributed by atoms with Crippen molar-refractivity contribution in [2.45, 2.75) is 235 Å². The highest BCUT2D eigenvalue weighted by molar-refractivity contribution is 7.29. The molecule has 118 heavy (non-hydrogen) atoms. The molecule has 4 amide bonds. The quantitative estimate of drug-likeness (QED) is 0.0188. The molecule has 10 heteroatoms. The molecule has 0 N–H and O–H groups in total. The van der Waals surface area contributed by atoms with Crippen LogP contribution in [0.2, 0.25) is 0 Å². The van der Waals surface area contributed by atoms with Gasteiger partial charge in [0.2, 0.25) is 0 Å². The fourth-order valence-electron chi connectivity index (χ4n) is 20.1. The van der Waals surface area contributed by atoms with Crippen molar-refractivity contribution in [2.75, 3.05) is 9.80 Å². The smallest absolute Gasteiger partial charge is 0.266 e. The van der Waals surface area contributed by atoms with Crippen molar-refractivity contribution in [3.63, 3.8) is 0 Å². The third kappa shape index (κ3) is 13.4. The van der Waals surface area contributed by atoms with E-state index in [9.17, 15) is 0 Å². The van der Waals surface area contributed by atoms with Crippen molar-refractivity contribution in [2.24, 2.45) is 0 Å². The lowest BCUT2D eigenvalue weighted by atomic mass is 9.83. The van der Waals surface area contributed by atoms with Gasteiger partial charge in [0.15, 0.2) is 0 Å². The number of hydrogen-bond donors (Lipinski definition) is 0. The minimum Gasteiger partial charge on any atom is -0.268 e. The van der Waals surface area contributed by atoms with Gasteiger partial charge in [-0.05, 0) is 255 Å². The number of para-hydroxylation sites is 2. The lowest BCUT2D eigenvalue weighted by Crippen LogP contribution is -2.41. The number of aryl methyl sites for hydroxylation is 4. The molecule has 6 nitrogen and oxygen atoms in total. The fraction of sp³-hybridized carbons (Fsp3) is 0.333. The molecule has 18 rings (SSSR count). The minimum atomic E-state index is -0.257. The average molecular weight is 1630 g/mol. The summed E-state index contributed by atoms with van der Waals surface area (Å²) in [6.07, 6.45) is 23.2. The first kappa shape index (κ1) is 79.4. The number of rotatable bonds is 31. The predicted octanol–water partition coefficient (Wildman–Crippen LogP) is 33.0. The van der Waals surface area contributed by atoms with Crippen LogP contribution < -0.4 is 9.80 Å². The second-order valence-electron chi connectivity index (χ2n) is 35.1. The summed E-state index contributed by atoms with van der Waals surface area (Å²) in [6, 6.07) is 62.6. The summed E-state index contributed by atoms with van der Waals surface area (Å²) in [5, 5.41) is 17.3. The molecule has 4 aromatic heterocycles. The van der Waals surface area contributed by atoms with Gasteiger partial charge in [-0.25, -0.2) is 9.80 Å². The topological polar surface area (TPSA) is 74.8 Å². The van der Waals surface area contributed by atoms with Crippen LogP contribution in [0, 0.1) is 0 Å². The molecule has 16 aromatic rings. The summed E-state index contributed by atoms with van der Waals surface area (Å²) in [5.74, 6) is -0.585. The Hall–Kier alpha value is -9.68. The zero-order chi connectivity index (χ0) is 81.6. The molecular formula is C108H108N2O4S4. The summed E-state index contributed by atoms with van der Waals surface area (Å²) < 4.78 is 0. The molecule has 0 bridgehead atoms. The number of amides is 4. The molecule has 12 aromatic carbocycles. The number of anilines is 2. The summed E-state index contributed by atoms with van der Waals surface area (Å²) in [7, 11) is 0. The summed E-state index contributed by atoms with van der Waals surface area (Å²) in [4.78, 5) is 75.0. The van der Waals surface area contributed by atoms with Crippen molar-refractivity contribution >= 4 is 167 Å². The van der Waals surface area contributed by atoms with E-state index in [1.54, 1.807) is 0 Å². The summed E-state index contributed by atoms with van der Waals surface area (Å²) >= 11 is 8.04. The third-order valence-electron chi connectivity index (χ3n) is 26.0. The van der Waals surface area contributed by atoms with Crippen LogP contribution in [0.4, 0.5) is 11.4 Å². The van der Waals surface area contributed by atoms with E-state index < -0.39 is 0 Å². The molecule has 0 fully saturated rings. The van der Waals surface area contributed by atoms with E-state index in [2.05, 4.69) is 229 Å². The first-order valence-corrected chi connectivity index (χ1v) is 47.6. The molecule has 6 heterocycles. The molecule has 0 aliphatic carbocycles. The maximum absolute atomic E-state index is 15.2. The molecule has 0 unspecified atom stereocenters. The maximum atomic E-state index is 15.2. The van der Waals surface area contributed by atoms with Gasteiger partial charge in [0.05, 0.1) is 11.4 Å². The molecule has 0 saturated carbocycles. The van der Waals surface area contributed by atoms with Crippen LogP contribution in [0.3, 0.4) is 0 Å². The first-order chi connectivity index (χ1) is 57.4. The molecule has 0 radical (unpaired) electrons. The van der Waals surface area contributed by atoms with Crippen molar-refractivity contribution in [1.82, 2.24) is 0 Å². The minimum absolute atomic E-state index is 0.111. The van der Waals surface area contributed by atoms with Gasteiger partial charge in [0.1, 0.15) is 0 Å². The number of fused-ring (bicyclic) bond motifs is 4. The van der Waals surface area contributed by atoms with Crippen molar-refractivity contribution < 1.29 is 19.2 Å². The van der Waals surface area contributed by atoms with E-state index in [1.807, 2.05) is 69.6 Å². The van der Waals surface area contributed by atoms with Gasteiger partial charge >= 0.3 is 0 Å². The Morgan fingerprint density at radius 1 is 0.246 bits per heavy atom. The number of benzene rings is 12. The van der Waals surface area contributed by atoms with Crippen LogP contribution >= 0.6 is 45.3 Å². The Labute approximate surface area is 712 Å². The van der Waals surface area contributed by atoms with Crippen molar-refractivity contribution in [3.05, 3.63) is 237 Å². The van der Waals surface area contributed by atoms with Gasteiger partial charge in [0, 0.05) is 72.0 Å². The highest BCUT2D eigenvalue weighted by Crippen LogP contribution is 2.56. The van der Waals surface area contributed by atoms with Crippen LogP contribution in [0.5, 0.6) is 0 Å². The van der Waals surface area contributed by atoms with Gasteiger partial charge in [0.25, 0.3) is 23.6 Å². The van der Waals surface area contributed by atoms with E-state index in [4.69, 9.17) is 0 Å². The average Bonchev–Trinajstić information content (AvgIpc) is 0.800. The van der Waals surface area contributed by atoms with Crippen LogP contribution in [-0.2, 0) is 25.7 Å². The summed E-state index contributed by atoms with van der Waals surface area (Å²) in [6.45, 7) is 26.4. The molecule has 0 atom stereocenters. The monoisotopic (exact) mass is 1620 g/mol. The molecule has 598 valence electrons. The second kappa shape index (κ2) is 32.8. The molecular weight excluding hydrogens is 1520 g/mol. The Morgan fingerprint density at radius 3 is 0.788 bits per heavy atom. The third-order valence-corrected chi connectivity index (χ3v) is 31.4. The Morgan fingerprint density at radius 2 is 0.492 bits per heavy atom.